The maximum Gasteiger partial charge on any atom is 0.267 e. The number of ketones is 1. The molecule has 1 fully saturated rings. The van der Waals surface area contributed by atoms with Gasteiger partial charge in [0.25, 0.3) is 5.91 Å². The van der Waals surface area contributed by atoms with Crippen LogP contribution in [-0.4, -0.2) is 47.4 Å². The first-order chi connectivity index (χ1) is 12.5. The number of carbonyl (C=O) groups is 2. The van der Waals surface area contributed by atoms with Crippen LogP contribution >= 0.6 is 0 Å². The third-order valence-corrected chi connectivity index (χ3v) is 4.51. The van der Waals surface area contributed by atoms with Gasteiger partial charge in [-0.1, -0.05) is 24.3 Å². The van der Waals surface area contributed by atoms with Crippen LogP contribution in [0.3, 0.4) is 0 Å². The summed E-state index contributed by atoms with van der Waals surface area (Å²) in [6.45, 7) is 7.55. The quantitative estimate of drug-likeness (QED) is 0.780. The molecule has 1 aliphatic rings. The number of hydrogen-bond donors (Lipinski definition) is 2. The average Bonchev–Trinajstić information content (AvgIpc) is 3.11. The molecule has 0 saturated carbocycles. The van der Waals surface area contributed by atoms with E-state index in [2.05, 4.69) is 34.3 Å². The normalized spacial score (nSPS) is 17.8. The van der Waals surface area contributed by atoms with Crippen LogP contribution in [0.1, 0.15) is 45.8 Å². The van der Waals surface area contributed by atoms with Crippen molar-refractivity contribution in [2.24, 2.45) is 0 Å². The highest BCUT2D eigenvalue weighted by molar-refractivity contribution is 5.99. The van der Waals surface area contributed by atoms with Crippen LogP contribution in [-0.2, 0) is 17.8 Å². The van der Waals surface area contributed by atoms with E-state index in [9.17, 15) is 9.59 Å². The van der Waals surface area contributed by atoms with Crippen LogP contribution in [0.5, 0.6) is 0 Å². The van der Waals surface area contributed by atoms with Gasteiger partial charge in [0.1, 0.15) is 5.69 Å². The summed E-state index contributed by atoms with van der Waals surface area (Å²) < 4.78 is 5.58. The summed E-state index contributed by atoms with van der Waals surface area (Å²) in [5, 5.41) is 2.89. The molecule has 2 N–H and O–H groups in total. The van der Waals surface area contributed by atoms with Crippen LogP contribution in [0, 0.1) is 0 Å². The molecule has 1 unspecified atom stereocenters. The lowest BCUT2D eigenvalue weighted by Crippen LogP contribution is -2.40. The zero-order valence-electron chi connectivity index (χ0n) is 15.2. The van der Waals surface area contributed by atoms with Gasteiger partial charge in [0.2, 0.25) is 0 Å². The number of amides is 1. The summed E-state index contributed by atoms with van der Waals surface area (Å²) in [5.41, 5.74) is 3.19. The maximum atomic E-state index is 12.2. The van der Waals surface area contributed by atoms with Gasteiger partial charge in [-0.25, -0.2) is 0 Å². The molecule has 2 aromatic rings. The first-order valence-electron chi connectivity index (χ1n) is 8.90. The van der Waals surface area contributed by atoms with Crippen molar-refractivity contribution in [2.75, 3.05) is 19.7 Å². The molecular weight excluding hydrogens is 330 g/mol. The van der Waals surface area contributed by atoms with E-state index >= 15 is 0 Å². The van der Waals surface area contributed by atoms with Gasteiger partial charge >= 0.3 is 0 Å². The molecule has 26 heavy (non-hydrogen) atoms. The fourth-order valence-corrected chi connectivity index (χ4v) is 3.14. The number of nitrogens with zero attached hydrogens (tertiary/aromatic N) is 1. The van der Waals surface area contributed by atoms with Crippen molar-refractivity contribution >= 4 is 11.7 Å². The molecule has 1 aromatic carbocycles. The van der Waals surface area contributed by atoms with E-state index in [1.54, 1.807) is 12.3 Å². The molecule has 1 saturated heterocycles. The number of aromatic amines is 1. The second-order valence-corrected chi connectivity index (χ2v) is 6.78. The van der Waals surface area contributed by atoms with Gasteiger partial charge in [0.15, 0.2) is 5.78 Å². The Balaban J connectivity index is 1.56. The van der Waals surface area contributed by atoms with Crippen LogP contribution in [0.4, 0.5) is 0 Å². The Hall–Kier alpha value is -2.44. The minimum Gasteiger partial charge on any atom is -0.376 e. The average molecular weight is 355 g/mol. The predicted molar refractivity (Wildman–Crippen MR) is 99.1 cm³/mol. The van der Waals surface area contributed by atoms with Gasteiger partial charge in [-0.2, -0.15) is 0 Å². The van der Waals surface area contributed by atoms with Crippen molar-refractivity contribution in [3.63, 3.8) is 0 Å². The molecule has 0 radical (unpaired) electrons. The lowest BCUT2D eigenvalue weighted by Gasteiger charge is -2.31. The Morgan fingerprint density at radius 1 is 1.31 bits per heavy atom. The Labute approximate surface area is 153 Å². The van der Waals surface area contributed by atoms with Crippen molar-refractivity contribution in [1.29, 1.82) is 0 Å². The number of Topliss-reactive ketones (excluding diaryl/α,β-unsaturated/α-hetero) is 1. The highest BCUT2D eigenvalue weighted by atomic mass is 16.5. The fourth-order valence-electron chi connectivity index (χ4n) is 3.14. The minimum absolute atomic E-state index is 0.0644. The number of aromatic nitrogens is 1. The molecule has 6 heteroatoms. The van der Waals surface area contributed by atoms with Gasteiger partial charge in [-0.05, 0) is 31.0 Å². The Bertz CT molecular complexity index is 784. The van der Waals surface area contributed by atoms with E-state index in [0.29, 0.717) is 17.8 Å². The van der Waals surface area contributed by atoms with Crippen LogP contribution in [0.15, 0.2) is 36.5 Å². The molecule has 1 aromatic heterocycles. The topological polar surface area (TPSA) is 74.4 Å². The highest BCUT2D eigenvalue weighted by Crippen LogP contribution is 2.12. The summed E-state index contributed by atoms with van der Waals surface area (Å²) >= 11 is 0. The second kappa shape index (κ2) is 8.29. The maximum absolute atomic E-state index is 12.2. The monoisotopic (exact) mass is 355 g/mol. The van der Waals surface area contributed by atoms with E-state index in [4.69, 9.17) is 4.74 Å². The summed E-state index contributed by atoms with van der Waals surface area (Å²) in [6.07, 6.45) is 1.83. The molecule has 2 heterocycles. The third kappa shape index (κ3) is 4.80. The fraction of sp³-hybridized carbons (Fsp3) is 0.400. The zero-order chi connectivity index (χ0) is 18.5. The first kappa shape index (κ1) is 18.4. The minimum atomic E-state index is -0.218. The summed E-state index contributed by atoms with van der Waals surface area (Å²) in [6, 6.07) is 9.82. The van der Waals surface area contributed by atoms with E-state index in [0.717, 1.165) is 31.8 Å². The van der Waals surface area contributed by atoms with E-state index in [-0.39, 0.29) is 17.8 Å². The van der Waals surface area contributed by atoms with Gasteiger partial charge in [0.05, 0.1) is 12.7 Å². The third-order valence-electron chi connectivity index (χ3n) is 4.51. The SMILES string of the molecule is CC(=O)c1c[nH]c(C(=O)NCc2cccc(CN3CCOC(C)C3)c2)c1. The molecule has 3 rings (SSSR count). The van der Waals surface area contributed by atoms with Gasteiger partial charge < -0.3 is 15.0 Å². The van der Waals surface area contributed by atoms with Crippen molar-refractivity contribution in [2.45, 2.75) is 33.0 Å². The molecule has 0 spiro atoms. The predicted octanol–water partition coefficient (Wildman–Crippen LogP) is 2.37. The molecule has 6 nitrogen and oxygen atoms in total. The Morgan fingerprint density at radius 2 is 2.12 bits per heavy atom. The molecule has 138 valence electrons. The van der Waals surface area contributed by atoms with Crippen LogP contribution in [0.25, 0.3) is 0 Å². The number of carbonyl (C=O) groups excluding carboxylic acids is 2. The summed E-state index contributed by atoms with van der Waals surface area (Å²) in [4.78, 5) is 28.8. The van der Waals surface area contributed by atoms with Crippen LogP contribution < -0.4 is 5.32 Å². The molecule has 1 amide bonds. The number of rotatable bonds is 6. The summed E-state index contributed by atoms with van der Waals surface area (Å²) in [5.74, 6) is -0.282. The molecular formula is C20H25N3O3. The number of hydrogen-bond acceptors (Lipinski definition) is 4. The van der Waals surface area contributed by atoms with E-state index in [1.807, 2.05) is 12.1 Å². The molecule has 1 atom stereocenters. The number of nitrogens with one attached hydrogen (secondary N) is 2. The number of benzene rings is 1. The van der Waals surface area contributed by atoms with Crippen LogP contribution in [0.2, 0.25) is 0 Å². The van der Waals surface area contributed by atoms with Gasteiger partial charge in [-0.3, -0.25) is 14.5 Å². The lowest BCUT2D eigenvalue weighted by atomic mass is 10.1. The molecule has 1 aliphatic heterocycles. The summed E-state index contributed by atoms with van der Waals surface area (Å²) in [7, 11) is 0. The first-order valence-corrected chi connectivity index (χ1v) is 8.90. The zero-order valence-corrected chi connectivity index (χ0v) is 15.2. The molecule has 0 bridgehead atoms. The lowest BCUT2D eigenvalue weighted by molar-refractivity contribution is -0.0212. The Kier molecular flexibility index (Phi) is 5.85. The number of morpholine rings is 1. The van der Waals surface area contributed by atoms with Crippen molar-refractivity contribution in [3.8, 4) is 0 Å². The van der Waals surface area contributed by atoms with Gasteiger partial charge in [0, 0.05) is 37.9 Å². The second-order valence-electron chi connectivity index (χ2n) is 6.78. The van der Waals surface area contributed by atoms with E-state index < -0.39 is 0 Å². The van der Waals surface area contributed by atoms with Gasteiger partial charge in [-0.15, -0.1) is 0 Å². The number of ether oxygens (including phenoxy) is 1. The van der Waals surface area contributed by atoms with E-state index in [1.165, 1.54) is 12.5 Å². The number of H-pyrrole nitrogens is 1. The Morgan fingerprint density at radius 3 is 2.85 bits per heavy atom. The largest absolute Gasteiger partial charge is 0.376 e. The smallest absolute Gasteiger partial charge is 0.267 e. The van der Waals surface area contributed by atoms with Crippen molar-refractivity contribution in [3.05, 3.63) is 58.9 Å². The van der Waals surface area contributed by atoms with Crippen molar-refractivity contribution < 1.29 is 14.3 Å². The standard InChI is InChI=1S/C20H25N3O3/c1-14-12-23(6-7-26-14)13-17-5-3-4-16(8-17)10-22-20(25)19-9-18(11-21-19)15(2)24/h3-5,8-9,11,14,21H,6-7,10,12-13H2,1-2H3,(H,22,25). The van der Waals surface area contributed by atoms with Crippen molar-refractivity contribution in [1.82, 2.24) is 15.2 Å². The highest BCUT2D eigenvalue weighted by Gasteiger charge is 2.16. The molecule has 0 aliphatic carbocycles.